The number of nitriles is 1. The molecular weight excluding hydrogens is 416 g/mol. The van der Waals surface area contributed by atoms with E-state index < -0.39 is 17.0 Å². The highest BCUT2D eigenvalue weighted by Crippen LogP contribution is 2.45. The Morgan fingerprint density at radius 3 is 2.84 bits per heavy atom. The van der Waals surface area contributed by atoms with Crippen LogP contribution in [0.5, 0.6) is 0 Å². The second-order valence-corrected chi connectivity index (χ2v) is 8.51. The molecule has 0 saturated heterocycles. The summed E-state index contributed by atoms with van der Waals surface area (Å²) in [4.78, 5) is 27.7. The van der Waals surface area contributed by atoms with Crippen LogP contribution in [0.25, 0.3) is 22.4 Å². The molecule has 5 rings (SSSR count). The maximum Gasteiger partial charge on any atom is 0.240 e. The van der Waals surface area contributed by atoms with Crippen molar-refractivity contribution in [1.29, 1.82) is 5.26 Å². The number of hydrogen-bond acceptors (Lipinski definition) is 6. The highest BCUT2D eigenvalue weighted by atomic mass is 19.1. The van der Waals surface area contributed by atoms with Gasteiger partial charge in [-0.05, 0) is 44.6 Å². The number of pyridine rings is 1. The predicted octanol–water partition coefficient (Wildman–Crippen LogP) is 4.18. The molecule has 3 aromatic rings. The van der Waals surface area contributed by atoms with E-state index in [1.165, 1.54) is 6.07 Å². The lowest BCUT2D eigenvalue weighted by Crippen LogP contribution is -2.44. The molecule has 0 aromatic carbocycles. The van der Waals surface area contributed by atoms with E-state index in [1.54, 1.807) is 6.20 Å². The van der Waals surface area contributed by atoms with Gasteiger partial charge in [0.15, 0.2) is 17.5 Å². The molecule has 0 unspecified atom stereocenters. The van der Waals surface area contributed by atoms with Crippen molar-refractivity contribution in [2.75, 3.05) is 5.32 Å². The summed E-state index contributed by atoms with van der Waals surface area (Å²) in [7, 11) is 0. The van der Waals surface area contributed by atoms with Crippen molar-refractivity contribution in [3.05, 3.63) is 36.3 Å². The number of amides is 1. The van der Waals surface area contributed by atoms with Crippen LogP contribution in [0.2, 0.25) is 0 Å². The Kier molecular flexibility index (Phi) is 4.96. The third-order valence-electron chi connectivity index (χ3n) is 6.23. The molecule has 0 spiro atoms. The Morgan fingerprint density at radius 2 is 2.06 bits per heavy atom. The summed E-state index contributed by atoms with van der Waals surface area (Å²) in [6.45, 7) is 0. The molecule has 0 aliphatic heterocycles. The summed E-state index contributed by atoms with van der Waals surface area (Å²) < 4.78 is 28.1. The highest BCUT2D eigenvalue weighted by Gasteiger charge is 2.51. The van der Waals surface area contributed by atoms with Crippen molar-refractivity contribution < 1.29 is 17.9 Å². The Balaban J connectivity index is 0.00000144. The van der Waals surface area contributed by atoms with E-state index in [0.29, 0.717) is 35.9 Å². The van der Waals surface area contributed by atoms with Crippen LogP contribution in [-0.2, 0) is 4.79 Å². The molecule has 3 N–H and O–H groups in total. The lowest BCUT2D eigenvalue weighted by molar-refractivity contribution is -0.125. The molecule has 2 atom stereocenters. The molecule has 2 fully saturated rings. The van der Waals surface area contributed by atoms with Crippen molar-refractivity contribution in [3.8, 4) is 17.5 Å². The third-order valence-corrected chi connectivity index (χ3v) is 6.23. The molecule has 2 aliphatic rings. The standard InChI is InChI=1S/C22H21F2N7O.3H2/c23-12-6-15-16(9-27-18(15)26-8-12)19-28-10-17(24)20(31-19)29-13-2-1-3-14(7-13)30-21(32)22(11-25)4-5-22;;;/h6,8-10,13-14H,1-5,7H2,(H,26,27)(H,30,32)(H,28,29,31);3*1H/t13-,14+;;;/m0.../s1. The summed E-state index contributed by atoms with van der Waals surface area (Å²) >= 11 is 0. The van der Waals surface area contributed by atoms with Gasteiger partial charge >= 0.3 is 0 Å². The molecule has 2 saturated carbocycles. The first-order chi connectivity index (χ1) is 15.5. The van der Waals surface area contributed by atoms with Crippen molar-refractivity contribution in [3.63, 3.8) is 0 Å². The fourth-order valence-corrected chi connectivity index (χ4v) is 4.24. The van der Waals surface area contributed by atoms with Gasteiger partial charge in [-0.3, -0.25) is 4.79 Å². The number of H-pyrrole nitrogens is 1. The van der Waals surface area contributed by atoms with Crippen molar-refractivity contribution >= 4 is 22.8 Å². The first-order valence-electron chi connectivity index (χ1n) is 10.6. The normalized spacial score (nSPS) is 21.7. The van der Waals surface area contributed by atoms with Crippen molar-refractivity contribution in [2.45, 2.75) is 50.6 Å². The van der Waals surface area contributed by atoms with Crippen LogP contribution >= 0.6 is 0 Å². The van der Waals surface area contributed by atoms with Gasteiger partial charge in [0.25, 0.3) is 0 Å². The number of aromatic amines is 1. The minimum Gasteiger partial charge on any atom is -0.365 e. The quantitative estimate of drug-likeness (QED) is 0.544. The number of nitrogens with one attached hydrogen (secondary N) is 3. The van der Waals surface area contributed by atoms with Gasteiger partial charge in [-0.15, -0.1) is 0 Å². The Hall–Kier alpha value is -3.61. The third kappa shape index (κ3) is 3.75. The highest BCUT2D eigenvalue weighted by molar-refractivity contribution is 5.91. The number of aromatic nitrogens is 4. The van der Waals surface area contributed by atoms with Gasteiger partial charge < -0.3 is 15.6 Å². The van der Waals surface area contributed by atoms with Crippen LogP contribution in [0.3, 0.4) is 0 Å². The van der Waals surface area contributed by atoms with Crippen LogP contribution in [-0.4, -0.2) is 37.9 Å². The molecule has 8 nitrogen and oxygen atoms in total. The molecule has 1 amide bonds. The smallest absolute Gasteiger partial charge is 0.240 e. The van der Waals surface area contributed by atoms with E-state index in [-0.39, 0.29) is 33.9 Å². The van der Waals surface area contributed by atoms with Gasteiger partial charge in [-0.1, -0.05) is 0 Å². The second-order valence-electron chi connectivity index (χ2n) is 8.51. The van der Waals surface area contributed by atoms with E-state index in [4.69, 9.17) is 0 Å². The zero-order chi connectivity index (χ0) is 22.3. The maximum absolute atomic E-state index is 14.5. The SMILES string of the molecule is N#CC1(C(=O)N[C@@H]2CCC[C@H](Nc3nc(-c4c[nH]c5ncc(F)cc45)ncc3F)C2)CC1.[HH].[HH].[HH]. The number of fused-ring (bicyclic) bond motifs is 1. The van der Waals surface area contributed by atoms with Gasteiger partial charge in [-0.2, -0.15) is 5.26 Å². The summed E-state index contributed by atoms with van der Waals surface area (Å²) in [5.74, 6) is -0.982. The van der Waals surface area contributed by atoms with Gasteiger partial charge in [0.1, 0.15) is 16.9 Å². The average Bonchev–Trinajstić information content (AvgIpc) is 3.49. The number of anilines is 1. The largest absolute Gasteiger partial charge is 0.365 e. The Morgan fingerprint density at radius 1 is 1.25 bits per heavy atom. The Labute approximate surface area is 186 Å². The number of carbonyl (C=O) groups is 1. The predicted molar refractivity (Wildman–Crippen MR) is 118 cm³/mol. The molecule has 170 valence electrons. The van der Waals surface area contributed by atoms with E-state index in [9.17, 15) is 18.8 Å². The molecule has 3 heterocycles. The fraction of sp³-hybridized carbons (Fsp3) is 0.409. The van der Waals surface area contributed by atoms with E-state index in [2.05, 4.69) is 36.6 Å². The lowest BCUT2D eigenvalue weighted by Gasteiger charge is -2.31. The summed E-state index contributed by atoms with van der Waals surface area (Å²) in [5, 5.41) is 15.8. The van der Waals surface area contributed by atoms with Crippen LogP contribution in [0.1, 0.15) is 42.8 Å². The van der Waals surface area contributed by atoms with Gasteiger partial charge in [0.05, 0.1) is 18.5 Å². The molecule has 3 aromatic heterocycles. The van der Waals surface area contributed by atoms with Crippen molar-refractivity contribution in [1.82, 2.24) is 25.3 Å². The molecule has 0 radical (unpaired) electrons. The summed E-state index contributed by atoms with van der Waals surface area (Å²) in [6, 6.07) is 3.27. The number of hydrogen-bond donors (Lipinski definition) is 3. The first-order valence-corrected chi connectivity index (χ1v) is 10.6. The maximum atomic E-state index is 14.5. The molecule has 2 aliphatic carbocycles. The first kappa shape index (κ1) is 20.3. The van der Waals surface area contributed by atoms with E-state index in [1.807, 2.05) is 0 Å². The summed E-state index contributed by atoms with van der Waals surface area (Å²) in [5.41, 5.74) is 0.150. The number of nitrogens with zero attached hydrogens (tertiary/aromatic N) is 4. The average molecular weight is 444 g/mol. The second kappa shape index (κ2) is 7.82. The van der Waals surface area contributed by atoms with Crippen LogP contribution in [0.4, 0.5) is 14.6 Å². The monoisotopic (exact) mass is 443 g/mol. The number of rotatable bonds is 5. The lowest BCUT2D eigenvalue weighted by atomic mass is 9.90. The molecule has 32 heavy (non-hydrogen) atoms. The fourth-order valence-electron chi connectivity index (χ4n) is 4.24. The van der Waals surface area contributed by atoms with E-state index in [0.717, 1.165) is 31.7 Å². The molecule has 0 bridgehead atoms. The molecular formula is C22H27F2N7O. The van der Waals surface area contributed by atoms with Gasteiger partial charge in [-0.25, -0.2) is 23.7 Å². The van der Waals surface area contributed by atoms with Crippen LogP contribution in [0.15, 0.2) is 24.7 Å². The van der Waals surface area contributed by atoms with Gasteiger partial charge in [0.2, 0.25) is 5.91 Å². The Bertz CT molecular complexity index is 1250. The zero-order valence-electron chi connectivity index (χ0n) is 17.2. The topological polar surface area (TPSA) is 119 Å². The number of halogens is 2. The van der Waals surface area contributed by atoms with Crippen LogP contribution < -0.4 is 10.6 Å². The van der Waals surface area contributed by atoms with Crippen molar-refractivity contribution in [2.24, 2.45) is 5.41 Å². The summed E-state index contributed by atoms with van der Waals surface area (Å²) in [6.07, 6.45) is 8.10. The zero-order valence-corrected chi connectivity index (χ0v) is 17.2. The van der Waals surface area contributed by atoms with Gasteiger partial charge in [0, 0.05) is 33.5 Å². The minimum absolute atomic E-state index is 0. The number of carbonyl (C=O) groups excluding carboxylic acids is 1. The molecule has 10 heteroatoms. The minimum atomic E-state index is -0.859. The van der Waals surface area contributed by atoms with Crippen LogP contribution in [0, 0.1) is 28.4 Å². The van der Waals surface area contributed by atoms with E-state index >= 15 is 0 Å².